The quantitative estimate of drug-likeness (QED) is 0.777. The molecular weight excluding hydrogens is 206 g/mol. The molecule has 2 N–H and O–H groups in total. The molecular formula is C11H11N3O2. The predicted molar refractivity (Wildman–Crippen MR) is 57.4 cm³/mol. The molecule has 0 spiro atoms. The van der Waals surface area contributed by atoms with Gasteiger partial charge in [-0.1, -0.05) is 30.3 Å². The van der Waals surface area contributed by atoms with Gasteiger partial charge in [-0.3, -0.25) is 4.68 Å². The molecule has 5 heteroatoms. The van der Waals surface area contributed by atoms with Crippen LogP contribution in [-0.4, -0.2) is 15.7 Å². The molecule has 0 aliphatic rings. The third kappa shape index (κ3) is 2.26. The van der Waals surface area contributed by atoms with Crippen molar-refractivity contribution in [2.24, 2.45) is 5.90 Å². The van der Waals surface area contributed by atoms with Gasteiger partial charge in [-0.25, -0.2) is 4.79 Å². The SMILES string of the molecule is NOC(=O)c1cnn(Cc2ccccc2)c1. The van der Waals surface area contributed by atoms with E-state index in [0.717, 1.165) is 5.56 Å². The lowest BCUT2D eigenvalue weighted by Crippen LogP contribution is -2.09. The second kappa shape index (κ2) is 4.59. The number of aromatic nitrogens is 2. The van der Waals surface area contributed by atoms with Crippen LogP contribution in [0.1, 0.15) is 15.9 Å². The first-order valence-electron chi connectivity index (χ1n) is 4.77. The molecule has 0 amide bonds. The average molecular weight is 217 g/mol. The van der Waals surface area contributed by atoms with Gasteiger partial charge in [0.2, 0.25) is 0 Å². The van der Waals surface area contributed by atoms with Crippen molar-refractivity contribution in [2.75, 3.05) is 0 Å². The van der Waals surface area contributed by atoms with Crippen LogP contribution < -0.4 is 5.90 Å². The Hall–Kier alpha value is -2.14. The summed E-state index contributed by atoms with van der Waals surface area (Å²) in [5, 5.41) is 4.04. The molecule has 1 aromatic heterocycles. The molecule has 1 heterocycles. The first-order valence-corrected chi connectivity index (χ1v) is 4.77. The molecule has 5 nitrogen and oxygen atoms in total. The summed E-state index contributed by atoms with van der Waals surface area (Å²) in [5.74, 6) is 4.20. The summed E-state index contributed by atoms with van der Waals surface area (Å²) in [4.78, 5) is 15.2. The van der Waals surface area contributed by atoms with Gasteiger partial charge in [0.25, 0.3) is 0 Å². The van der Waals surface area contributed by atoms with E-state index in [1.165, 1.54) is 6.20 Å². The molecule has 0 aliphatic carbocycles. The number of carbonyl (C=O) groups excluding carboxylic acids is 1. The van der Waals surface area contributed by atoms with E-state index in [4.69, 9.17) is 5.90 Å². The van der Waals surface area contributed by atoms with E-state index in [1.807, 2.05) is 30.3 Å². The summed E-state index contributed by atoms with van der Waals surface area (Å²) in [6, 6.07) is 9.83. The smallest absolute Gasteiger partial charge is 0.359 e. The Kier molecular flexibility index (Phi) is 2.98. The van der Waals surface area contributed by atoms with Gasteiger partial charge in [-0.15, -0.1) is 0 Å². The zero-order chi connectivity index (χ0) is 11.4. The second-order valence-electron chi connectivity index (χ2n) is 3.32. The van der Waals surface area contributed by atoms with E-state index in [1.54, 1.807) is 10.9 Å². The van der Waals surface area contributed by atoms with Crippen LogP contribution in [0.5, 0.6) is 0 Å². The topological polar surface area (TPSA) is 70.1 Å². The summed E-state index contributed by atoms with van der Waals surface area (Å²) in [6.45, 7) is 0.610. The molecule has 0 atom stereocenters. The van der Waals surface area contributed by atoms with E-state index in [2.05, 4.69) is 9.94 Å². The van der Waals surface area contributed by atoms with Crippen molar-refractivity contribution in [2.45, 2.75) is 6.54 Å². The van der Waals surface area contributed by atoms with E-state index < -0.39 is 5.97 Å². The van der Waals surface area contributed by atoms with Crippen LogP contribution in [-0.2, 0) is 11.4 Å². The summed E-state index contributed by atoms with van der Waals surface area (Å²) in [5.41, 5.74) is 1.46. The molecule has 16 heavy (non-hydrogen) atoms. The highest BCUT2D eigenvalue weighted by Gasteiger charge is 2.08. The molecule has 0 radical (unpaired) electrons. The Labute approximate surface area is 92.4 Å². The van der Waals surface area contributed by atoms with Crippen molar-refractivity contribution in [1.29, 1.82) is 0 Å². The maximum atomic E-state index is 11.1. The first kappa shape index (κ1) is 10.4. The van der Waals surface area contributed by atoms with Crippen molar-refractivity contribution >= 4 is 5.97 Å². The number of nitrogens with two attached hydrogens (primary N) is 1. The highest BCUT2D eigenvalue weighted by molar-refractivity contribution is 5.88. The van der Waals surface area contributed by atoms with Crippen molar-refractivity contribution in [1.82, 2.24) is 9.78 Å². The fraction of sp³-hybridized carbons (Fsp3) is 0.0909. The fourth-order valence-electron chi connectivity index (χ4n) is 1.39. The summed E-state index contributed by atoms with van der Waals surface area (Å²) in [7, 11) is 0. The molecule has 1 aromatic carbocycles. The van der Waals surface area contributed by atoms with Gasteiger partial charge in [0, 0.05) is 6.20 Å². The molecule has 0 bridgehead atoms. The van der Waals surface area contributed by atoms with Crippen LogP contribution in [0, 0.1) is 0 Å². The molecule has 2 rings (SSSR count). The van der Waals surface area contributed by atoms with E-state index in [0.29, 0.717) is 12.1 Å². The number of rotatable bonds is 3. The Morgan fingerprint density at radius 1 is 1.38 bits per heavy atom. The summed E-state index contributed by atoms with van der Waals surface area (Å²) in [6.07, 6.45) is 3.03. The Bertz CT molecular complexity index is 479. The number of benzene rings is 1. The van der Waals surface area contributed by atoms with Gasteiger partial charge < -0.3 is 4.84 Å². The third-order valence-electron chi connectivity index (χ3n) is 2.16. The van der Waals surface area contributed by atoms with Crippen molar-refractivity contribution in [3.05, 3.63) is 53.9 Å². The van der Waals surface area contributed by atoms with Crippen LogP contribution in [0.2, 0.25) is 0 Å². The maximum Gasteiger partial charge on any atom is 0.359 e. The van der Waals surface area contributed by atoms with Gasteiger partial charge in [0.05, 0.1) is 18.3 Å². The van der Waals surface area contributed by atoms with Crippen LogP contribution >= 0.6 is 0 Å². The molecule has 0 unspecified atom stereocenters. The van der Waals surface area contributed by atoms with Crippen molar-refractivity contribution in [3.8, 4) is 0 Å². The highest BCUT2D eigenvalue weighted by atomic mass is 16.7. The Morgan fingerprint density at radius 3 is 2.81 bits per heavy atom. The van der Waals surface area contributed by atoms with Gasteiger partial charge in [0.1, 0.15) is 0 Å². The minimum Gasteiger partial charge on any atom is -0.370 e. The lowest BCUT2D eigenvalue weighted by Gasteiger charge is -2.00. The zero-order valence-electron chi connectivity index (χ0n) is 8.54. The van der Waals surface area contributed by atoms with Crippen LogP contribution in [0.15, 0.2) is 42.7 Å². The largest absolute Gasteiger partial charge is 0.370 e. The number of nitrogens with zero attached hydrogens (tertiary/aromatic N) is 2. The van der Waals surface area contributed by atoms with E-state index >= 15 is 0 Å². The molecule has 0 saturated heterocycles. The lowest BCUT2D eigenvalue weighted by atomic mass is 10.2. The summed E-state index contributed by atoms with van der Waals surface area (Å²) < 4.78 is 1.65. The van der Waals surface area contributed by atoms with Gasteiger partial charge >= 0.3 is 5.97 Å². The van der Waals surface area contributed by atoms with Crippen LogP contribution in [0.25, 0.3) is 0 Å². The third-order valence-corrected chi connectivity index (χ3v) is 2.16. The number of carbonyl (C=O) groups is 1. The van der Waals surface area contributed by atoms with E-state index in [9.17, 15) is 4.79 Å². The fourth-order valence-corrected chi connectivity index (χ4v) is 1.39. The lowest BCUT2D eigenvalue weighted by molar-refractivity contribution is 0.0503. The Balaban J connectivity index is 2.12. The average Bonchev–Trinajstić information content (AvgIpc) is 2.78. The summed E-state index contributed by atoms with van der Waals surface area (Å²) >= 11 is 0. The van der Waals surface area contributed by atoms with Gasteiger partial charge in [0.15, 0.2) is 0 Å². The van der Waals surface area contributed by atoms with Crippen molar-refractivity contribution in [3.63, 3.8) is 0 Å². The predicted octanol–water partition coefficient (Wildman–Crippen LogP) is 0.962. The van der Waals surface area contributed by atoms with Gasteiger partial charge in [-0.2, -0.15) is 11.0 Å². The molecule has 0 saturated carbocycles. The monoisotopic (exact) mass is 217 g/mol. The minimum absolute atomic E-state index is 0.346. The zero-order valence-corrected chi connectivity index (χ0v) is 8.54. The van der Waals surface area contributed by atoms with Crippen LogP contribution in [0.4, 0.5) is 0 Å². The second-order valence-corrected chi connectivity index (χ2v) is 3.32. The van der Waals surface area contributed by atoms with Gasteiger partial charge in [-0.05, 0) is 5.56 Å². The number of hydrogen-bond donors (Lipinski definition) is 1. The molecule has 2 aromatic rings. The molecule has 0 aliphatic heterocycles. The molecule has 82 valence electrons. The van der Waals surface area contributed by atoms with Crippen molar-refractivity contribution < 1.29 is 9.63 Å². The minimum atomic E-state index is -0.584. The first-order chi connectivity index (χ1) is 7.79. The normalized spacial score (nSPS) is 10.1. The maximum absolute atomic E-state index is 11.1. The van der Waals surface area contributed by atoms with E-state index in [-0.39, 0.29) is 0 Å². The Morgan fingerprint density at radius 2 is 2.12 bits per heavy atom. The number of hydrogen-bond acceptors (Lipinski definition) is 4. The standard InChI is InChI=1S/C11H11N3O2/c12-16-11(15)10-6-13-14(8-10)7-9-4-2-1-3-5-9/h1-6,8H,7,12H2. The molecule has 0 fully saturated rings. The highest BCUT2D eigenvalue weighted by Crippen LogP contribution is 2.04. The van der Waals surface area contributed by atoms with Crippen LogP contribution in [0.3, 0.4) is 0 Å².